The van der Waals surface area contributed by atoms with Crippen molar-refractivity contribution in [3.63, 3.8) is 0 Å². The number of carbonyl (C=O) groups excluding carboxylic acids is 2. The Labute approximate surface area is 174 Å². The van der Waals surface area contributed by atoms with Crippen molar-refractivity contribution in [2.24, 2.45) is 5.92 Å². The molecule has 3 aromatic rings. The van der Waals surface area contributed by atoms with Gasteiger partial charge in [-0.3, -0.25) is 4.79 Å². The number of amides is 1. The Morgan fingerprint density at radius 3 is 2.60 bits per heavy atom. The molecule has 1 N–H and O–H groups in total. The molecular formula is C23H23N3O4. The Morgan fingerprint density at radius 1 is 1.17 bits per heavy atom. The number of hydrogen-bond donors (Lipinski definition) is 1. The quantitative estimate of drug-likeness (QED) is 0.609. The van der Waals surface area contributed by atoms with E-state index in [0.717, 1.165) is 5.52 Å². The molecule has 7 heteroatoms. The summed E-state index contributed by atoms with van der Waals surface area (Å²) in [4.78, 5) is 25.4. The molecule has 154 valence electrons. The second-order valence-electron chi connectivity index (χ2n) is 7.14. The lowest BCUT2D eigenvalue weighted by Gasteiger charge is -2.21. The van der Waals surface area contributed by atoms with Gasteiger partial charge in [0.2, 0.25) is 0 Å². The van der Waals surface area contributed by atoms with E-state index < -0.39 is 17.9 Å². The van der Waals surface area contributed by atoms with Crippen molar-refractivity contribution in [2.45, 2.75) is 26.5 Å². The van der Waals surface area contributed by atoms with Gasteiger partial charge in [-0.2, -0.15) is 5.26 Å². The van der Waals surface area contributed by atoms with Gasteiger partial charge in [-0.1, -0.05) is 32.0 Å². The topological polar surface area (TPSA) is 92.8 Å². The molecule has 0 aliphatic rings. The van der Waals surface area contributed by atoms with Crippen LogP contribution in [0.4, 0.5) is 0 Å². The van der Waals surface area contributed by atoms with Gasteiger partial charge >= 0.3 is 5.97 Å². The number of carbonyl (C=O) groups is 2. The standard InChI is InChI=1S/C23H23N3O4/c1-15(2)21(25-22(27)17-8-4-5-10-20(17)29-3)23(28)30-14-16-13-26-11-7-6-9-19(26)18(16)12-24/h4-11,13,15,21H,14H2,1-3H3,(H,25,27)/t21-/m1/s1. The van der Waals surface area contributed by atoms with E-state index in [1.807, 2.05) is 42.6 Å². The molecular weight excluding hydrogens is 382 g/mol. The second kappa shape index (κ2) is 9.14. The fourth-order valence-corrected chi connectivity index (χ4v) is 3.20. The van der Waals surface area contributed by atoms with Gasteiger partial charge < -0.3 is 19.2 Å². The molecule has 0 aliphatic carbocycles. The zero-order valence-corrected chi connectivity index (χ0v) is 17.1. The van der Waals surface area contributed by atoms with Gasteiger partial charge in [0, 0.05) is 18.0 Å². The minimum absolute atomic E-state index is 0.0584. The van der Waals surface area contributed by atoms with Crippen LogP contribution in [-0.4, -0.2) is 29.4 Å². The summed E-state index contributed by atoms with van der Waals surface area (Å²) < 4.78 is 12.5. The largest absolute Gasteiger partial charge is 0.496 e. The van der Waals surface area contributed by atoms with Crippen molar-refractivity contribution in [2.75, 3.05) is 7.11 Å². The van der Waals surface area contributed by atoms with E-state index in [-0.39, 0.29) is 12.5 Å². The molecule has 0 unspecified atom stereocenters. The summed E-state index contributed by atoms with van der Waals surface area (Å²) >= 11 is 0. The average Bonchev–Trinajstić information content (AvgIpc) is 3.12. The first-order valence-electron chi connectivity index (χ1n) is 9.55. The number of pyridine rings is 1. The van der Waals surface area contributed by atoms with Gasteiger partial charge in [0.25, 0.3) is 5.91 Å². The number of methoxy groups -OCH3 is 1. The molecule has 30 heavy (non-hydrogen) atoms. The number of aromatic nitrogens is 1. The lowest BCUT2D eigenvalue weighted by Crippen LogP contribution is -2.45. The maximum atomic E-state index is 12.7. The van der Waals surface area contributed by atoms with Gasteiger partial charge in [-0.05, 0) is 30.2 Å². The Balaban J connectivity index is 1.74. The third-order valence-electron chi connectivity index (χ3n) is 4.80. The zero-order valence-electron chi connectivity index (χ0n) is 17.1. The van der Waals surface area contributed by atoms with Crippen LogP contribution >= 0.6 is 0 Å². The molecule has 0 radical (unpaired) electrons. The predicted molar refractivity (Wildman–Crippen MR) is 111 cm³/mol. The summed E-state index contributed by atoms with van der Waals surface area (Å²) in [6.45, 7) is 3.58. The van der Waals surface area contributed by atoms with Gasteiger partial charge in [-0.15, -0.1) is 0 Å². The van der Waals surface area contributed by atoms with E-state index in [2.05, 4.69) is 11.4 Å². The Morgan fingerprint density at radius 2 is 1.90 bits per heavy atom. The number of nitrogens with one attached hydrogen (secondary N) is 1. The minimum Gasteiger partial charge on any atom is -0.496 e. The summed E-state index contributed by atoms with van der Waals surface area (Å²) in [7, 11) is 1.48. The van der Waals surface area contributed by atoms with Gasteiger partial charge in [-0.25, -0.2) is 4.79 Å². The van der Waals surface area contributed by atoms with Crippen molar-refractivity contribution in [3.8, 4) is 11.8 Å². The van der Waals surface area contributed by atoms with Gasteiger partial charge in [0.05, 0.1) is 23.8 Å². The van der Waals surface area contributed by atoms with E-state index in [0.29, 0.717) is 22.4 Å². The molecule has 0 saturated carbocycles. The molecule has 3 rings (SSSR count). The highest BCUT2D eigenvalue weighted by Gasteiger charge is 2.27. The van der Waals surface area contributed by atoms with Crippen molar-refractivity contribution in [1.29, 1.82) is 5.26 Å². The molecule has 1 amide bonds. The SMILES string of the molecule is COc1ccccc1C(=O)N[C@@H](C(=O)OCc1cn2ccccc2c1C#N)C(C)C. The Bertz CT molecular complexity index is 1110. The molecule has 0 spiro atoms. The molecule has 0 fully saturated rings. The first kappa shape index (κ1) is 20.9. The van der Waals surface area contributed by atoms with Gasteiger partial charge in [0.1, 0.15) is 24.5 Å². The lowest BCUT2D eigenvalue weighted by molar-refractivity contribution is -0.148. The number of fused-ring (bicyclic) bond motifs is 1. The molecule has 0 aliphatic heterocycles. The fraction of sp³-hybridized carbons (Fsp3) is 0.261. The minimum atomic E-state index is -0.843. The number of rotatable bonds is 7. The van der Waals surface area contributed by atoms with E-state index >= 15 is 0 Å². The number of nitriles is 1. The van der Waals surface area contributed by atoms with Crippen LogP contribution in [0.25, 0.3) is 5.52 Å². The number of benzene rings is 1. The highest BCUT2D eigenvalue weighted by Crippen LogP contribution is 2.20. The molecule has 0 bridgehead atoms. The van der Waals surface area contributed by atoms with Crippen molar-refractivity contribution >= 4 is 17.4 Å². The van der Waals surface area contributed by atoms with E-state index in [4.69, 9.17) is 9.47 Å². The third kappa shape index (κ3) is 4.28. The van der Waals surface area contributed by atoms with Crippen LogP contribution in [0.3, 0.4) is 0 Å². The molecule has 0 saturated heterocycles. The molecule has 1 atom stereocenters. The first-order valence-corrected chi connectivity index (χ1v) is 9.55. The van der Waals surface area contributed by atoms with Crippen molar-refractivity contribution in [3.05, 3.63) is 71.5 Å². The number of ether oxygens (including phenoxy) is 2. The molecule has 2 aromatic heterocycles. The van der Waals surface area contributed by atoms with Crippen LogP contribution in [-0.2, 0) is 16.1 Å². The number of para-hydroxylation sites is 1. The summed E-state index contributed by atoms with van der Waals surface area (Å²) in [6.07, 6.45) is 3.59. The maximum Gasteiger partial charge on any atom is 0.329 e. The van der Waals surface area contributed by atoms with E-state index in [1.54, 1.807) is 30.5 Å². The molecule has 2 heterocycles. The summed E-state index contributed by atoms with van der Waals surface area (Å²) in [5.41, 5.74) is 2.15. The average molecular weight is 405 g/mol. The predicted octanol–water partition coefficient (Wildman–Crippen LogP) is 3.32. The van der Waals surface area contributed by atoms with Gasteiger partial charge in [0.15, 0.2) is 0 Å². The van der Waals surface area contributed by atoms with Crippen molar-refractivity contribution in [1.82, 2.24) is 9.72 Å². The second-order valence-corrected chi connectivity index (χ2v) is 7.14. The van der Waals surface area contributed by atoms with Crippen LogP contribution in [0, 0.1) is 17.2 Å². The van der Waals surface area contributed by atoms with E-state index in [9.17, 15) is 14.9 Å². The normalized spacial score (nSPS) is 11.7. The number of hydrogen-bond acceptors (Lipinski definition) is 5. The van der Waals surface area contributed by atoms with Crippen LogP contribution in [0.1, 0.15) is 35.3 Å². The van der Waals surface area contributed by atoms with Crippen LogP contribution < -0.4 is 10.1 Å². The summed E-state index contributed by atoms with van der Waals surface area (Å²) in [6, 6.07) is 13.6. The van der Waals surface area contributed by atoms with Crippen LogP contribution in [0.2, 0.25) is 0 Å². The Hall–Kier alpha value is -3.79. The van der Waals surface area contributed by atoms with Crippen molar-refractivity contribution < 1.29 is 19.1 Å². The van der Waals surface area contributed by atoms with E-state index in [1.165, 1.54) is 7.11 Å². The lowest BCUT2D eigenvalue weighted by atomic mass is 10.0. The highest BCUT2D eigenvalue weighted by atomic mass is 16.5. The zero-order chi connectivity index (χ0) is 21.7. The highest BCUT2D eigenvalue weighted by molar-refractivity contribution is 5.99. The first-order chi connectivity index (χ1) is 14.5. The summed E-state index contributed by atoms with van der Waals surface area (Å²) in [5.74, 6) is -0.757. The number of nitrogens with zero attached hydrogens (tertiary/aromatic N) is 2. The third-order valence-corrected chi connectivity index (χ3v) is 4.80. The van der Waals surface area contributed by atoms with Crippen LogP contribution in [0.5, 0.6) is 5.75 Å². The van der Waals surface area contributed by atoms with Crippen LogP contribution in [0.15, 0.2) is 54.9 Å². The number of esters is 1. The molecule has 7 nitrogen and oxygen atoms in total. The summed E-state index contributed by atoms with van der Waals surface area (Å²) in [5, 5.41) is 12.2. The fourth-order valence-electron chi connectivity index (χ4n) is 3.20. The maximum absolute atomic E-state index is 12.7. The monoisotopic (exact) mass is 405 g/mol. The Kier molecular flexibility index (Phi) is 6.38. The smallest absolute Gasteiger partial charge is 0.329 e. The molecule has 1 aromatic carbocycles.